The highest BCUT2D eigenvalue weighted by Crippen LogP contribution is 2.27. The lowest BCUT2D eigenvalue weighted by Gasteiger charge is -2.32. The van der Waals surface area contributed by atoms with E-state index in [1.165, 1.54) is 21.6 Å². The summed E-state index contributed by atoms with van der Waals surface area (Å²) in [5.41, 5.74) is 3.43. The number of aromatic nitrogens is 3. The molecule has 2 saturated heterocycles. The number of piperidine rings is 2. The van der Waals surface area contributed by atoms with Crippen LogP contribution in [0.15, 0.2) is 72.2 Å². The van der Waals surface area contributed by atoms with E-state index < -0.39 is 6.04 Å². The standard InChI is InChI=1S/C31H32N6O4S/c38-29-11-10-28(31(40)33-29)37-19-27(34-35-37)22-16-26(42-20-22)17-30(39)32-23-8-6-21(7-9-23)18-36-14-12-25(13-15-36)41-24-4-2-1-3-5-24/h1-9,16,19-20,25,28H,10-15,17-18H2,(H,32,39)(H,33,38,40). The van der Waals surface area contributed by atoms with Crippen molar-refractivity contribution in [3.63, 3.8) is 0 Å². The summed E-state index contributed by atoms with van der Waals surface area (Å²) in [6, 6.07) is 19.4. The highest BCUT2D eigenvalue weighted by Gasteiger charge is 2.29. The summed E-state index contributed by atoms with van der Waals surface area (Å²) >= 11 is 1.47. The third kappa shape index (κ3) is 6.92. The molecule has 2 aromatic carbocycles. The molecular formula is C31H32N6O4S. The molecule has 0 aliphatic carbocycles. The lowest BCUT2D eigenvalue weighted by molar-refractivity contribution is -0.136. The molecular weight excluding hydrogens is 552 g/mol. The zero-order valence-corrected chi connectivity index (χ0v) is 23.9. The molecule has 42 heavy (non-hydrogen) atoms. The molecule has 216 valence electrons. The Hall–Kier alpha value is -4.35. The Morgan fingerprint density at radius 1 is 1.05 bits per heavy atom. The molecule has 2 aromatic heterocycles. The molecule has 2 fully saturated rings. The number of hydrogen-bond donors (Lipinski definition) is 2. The fourth-order valence-electron chi connectivity index (χ4n) is 5.30. The quantitative estimate of drug-likeness (QED) is 0.283. The van der Waals surface area contributed by atoms with Crippen LogP contribution in [0, 0.1) is 0 Å². The minimum atomic E-state index is -0.550. The Labute approximate surface area is 247 Å². The molecule has 6 rings (SSSR count). The van der Waals surface area contributed by atoms with Crippen molar-refractivity contribution in [1.82, 2.24) is 25.2 Å². The van der Waals surface area contributed by atoms with Gasteiger partial charge in [-0.3, -0.25) is 24.6 Å². The van der Waals surface area contributed by atoms with Crippen molar-refractivity contribution in [3.8, 4) is 17.0 Å². The van der Waals surface area contributed by atoms with Crippen molar-refractivity contribution in [1.29, 1.82) is 0 Å². The van der Waals surface area contributed by atoms with Crippen LogP contribution < -0.4 is 15.4 Å². The van der Waals surface area contributed by atoms with E-state index in [9.17, 15) is 14.4 Å². The first-order valence-corrected chi connectivity index (χ1v) is 15.0. The van der Waals surface area contributed by atoms with Gasteiger partial charge in [0.25, 0.3) is 5.91 Å². The van der Waals surface area contributed by atoms with E-state index in [0.29, 0.717) is 12.1 Å². The number of rotatable bonds is 9. The largest absolute Gasteiger partial charge is 0.490 e. The fourth-order valence-corrected chi connectivity index (χ4v) is 6.17. The number of anilines is 1. The number of amides is 3. The lowest BCUT2D eigenvalue weighted by atomic mass is 10.1. The summed E-state index contributed by atoms with van der Waals surface area (Å²) < 4.78 is 7.60. The Kier molecular flexibility index (Phi) is 8.38. The van der Waals surface area contributed by atoms with Crippen LogP contribution in [0.1, 0.15) is 42.2 Å². The zero-order valence-electron chi connectivity index (χ0n) is 23.1. The van der Waals surface area contributed by atoms with Crippen molar-refractivity contribution in [2.45, 2.75) is 50.8 Å². The average molecular weight is 585 g/mol. The monoisotopic (exact) mass is 584 g/mol. The van der Waals surface area contributed by atoms with Gasteiger partial charge in [-0.15, -0.1) is 16.4 Å². The van der Waals surface area contributed by atoms with E-state index >= 15 is 0 Å². The molecule has 0 radical (unpaired) electrons. The van der Waals surface area contributed by atoms with Gasteiger partial charge in [-0.05, 0) is 55.2 Å². The second-order valence-corrected chi connectivity index (χ2v) is 11.7. The van der Waals surface area contributed by atoms with Crippen LogP contribution in [-0.4, -0.2) is 56.8 Å². The van der Waals surface area contributed by atoms with Gasteiger partial charge in [-0.25, -0.2) is 4.68 Å². The van der Waals surface area contributed by atoms with E-state index in [2.05, 4.69) is 38.0 Å². The predicted octanol–water partition coefficient (Wildman–Crippen LogP) is 4.21. The normalized spacial score (nSPS) is 18.0. The summed E-state index contributed by atoms with van der Waals surface area (Å²) in [6.07, 6.45) is 4.88. The smallest absolute Gasteiger partial charge is 0.251 e. The minimum absolute atomic E-state index is 0.0937. The van der Waals surface area contributed by atoms with Gasteiger partial charge < -0.3 is 10.1 Å². The second kappa shape index (κ2) is 12.7. The zero-order chi connectivity index (χ0) is 28.9. The summed E-state index contributed by atoms with van der Waals surface area (Å²) in [6.45, 7) is 2.86. The highest BCUT2D eigenvalue weighted by atomic mass is 32.1. The Bertz CT molecular complexity index is 1540. The van der Waals surface area contributed by atoms with Gasteiger partial charge in [0.2, 0.25) is 11.8 Å². The first kappa shape index (κ1) is 27.8. The Balaban J connectivity index is 0.960. The van der Waals surface area contributed by atoms with Gasteiger partial charge >= 0.3 is 0 Å². The van der Waals surface area contributed by atoms with Crippen LogP contribution in [-0.2, 0) is 27.3 Å². The summed E-state index contributed by atoms with van der Waals surface area (Å²) in [5, 5.41) is 15.5. The Morgan fingerprint density at radius 3 is 2.60 bits per heavy atom. The number of para-hydroxylation sites is 1. The van der Waals surface area contributed by atoms with Crippen LogP contribution >= 0.6 is 11.3 Å². The maximum absolute atomic E-state index is 12.7. The molecule has 2 aliphatic rings. The first-order valence-electron chi connectivity index (χ1n) is 14.1. The summed E-state index contributed by atoms with van der Waals surface area (Å²) in [7, 11) is 0. The summed E-state index contributed by atoms with van der Waals surface area (Å²) in [5.74, 6) is 0.204. The van der Waals surface area contributed by atoms with Gasteiger partial charge in [0.15, 0.2) is 0 Å². The molecule has 3 amide bonds. The van der Waals surface area contributed by atoms with Crippen molar-refractivity contribution < 1.29 is 19.1 Å². The molecule has 4 aromatic rings. The van der Waals surface area contributed by atoms with Gasteiger partial charge in [0.05, 0.1) is 12.6 Å². The molecule has 11 heteroatoms. The first-order chi connectivity index (χ1) is 20.5. The van der Waals surface area contributed by atoms with Gasteiger partial charge in [0.1, 0.15) is 23.6 Å². The molecule has 4 heterocycles. The van der Waals surface area contributed by atoms with Crippen molar-refractivity contribution in [2.24, 2.45) is 0 Å². The number of carbonyl (C=O) groups is 3. The van der Waals surface area contributed by atoms with Gasteiger partial charge in [0, 0.05) is 47.6 Å². The third-order valence-electron chi connectivity index (χ3n) is 7.55. The number of nitrogens with one attached hydrogen (secondary N) is 2. The molecule has 0 spiro atoms. The number of benzene rings is 2. The SMILES string of the molecule is O=C1CCC(n2cc(-c3csc(CC(=O)Nc4ccc(CN5CCC(Oc6ccccc6)CC5)cc4)c3)nn2)C(=O)N1. The fraction of sp³-hybridized carbons (Fsp3) is 0.323. The number of likely N-dealkylation sites (tertiary alicyclic amines) is 1. The topological polar surface area (TPSA) is 118 Å². The predicted molar refractivity (Wildman–Crippen MR) is 159 cm³/mol. The Morgan fingerprint density at radius 2 is 1.83 bits per heavy atom. The maximum Gasteiger partial charge on any atom is 0.251 e. The van der Waals surface area contributed by atoms with Crippen LogP contribution in [0.25, 0.3) is 11.3 Å². The number of hydrogen-bond acceptors (Lipinski definition) is 8. The van der Waals surface area contributed by atoms with E-state index in [1.807, 2.05) is 53.9 Å². The second-order valence-electron chi connectivity index (χ2n) is 10.7. The third-order valence-corrected chi connectivity index (χ3v) is 8.49. The van der Waals surface area contributed by atoms with E-state index in [-0.39, 0.29) is 36.7 Å². The molecule has 2 aliphatic heterocycles. The maximum atomic E-state index is 12.7. The molecule has 0 saturated carbocycles. The molecule has 1 unspecified atom stereocenters. The minimum Gasteiger partial charge on any atom is -0.490 e. The lowest BCUT2D eigenvalue weighted by Crippen LogP contribution is -2.41. The van der Waals surface area contributed by atoms with Crippen molar-refractivity contribution in [2.75, 3.05) is 18.4 Å². The molecule has 10 nitrogen and oxygen atoms in total. The van der Waals surface area contributed by atoms with Crippen LogP contribution in [0.4, 0.5) is 5.69 Å². The van der Waals surface area contributed by atoms with E-state index in [1.54, 1.807) is 6.20 Å². The average Bonchev–Trinajstić information content (AvgIpc) is 3.66. The molecule has 2 N–H and O–H groups in total. The van der Waals surface area contributed by atoms with Crippen molar-refractivity contribution >= 4 is 34.7 Å². The van der Waals surface area contributed by atoms with Gasteiger partial charge in [-0.1, -0.05) is 35.5 Å². The molecule has 0 bridgehead atoms. The number of thiophene rings is 1. The van der Waals surface area contributed by atoms with Crippen LogP contribution in [0.3, 0.4) is 0 Å². The molecule has 1 atom stereocenters. The number of imide groups is 1. The van der Waals surface area contributed by atoms with Crippen LogP contribution in [0.2, 0.25) is 0 Å². The van der Waals surface area contributed by atoms with Crippen molar-refractivity contribution in [3.05, 3.63) is 82.7 Å². The van der Waals surface area contributed by atoms with E-state index in [0.717, 1.165) is 54.4 Å². The highest BCUT2D eigenvalue weighted by molar-refractivity contribution is 7.10. The van der Waals surface area contributed by atoms with E-state index in [4.69, 9.17) is 4.74 Å². The number of carbonyl (C=O) groups excluding carboxylic acids is 3. The summed E-state index contributed by atoms with van der Waals surface area (Å²) in [4.78, 5) is 39.6. The van der Waals surface area contributed by atoms with Crippen LogP contribution in [0.5, 0.6) is 5.75 Å². The number of ether oxygens (including phenoxy) is 1. The van der Waals surface area contributed by atoms with Gasteiger partial charge in [-0.2, -0.15) is 0 Å². The number of nitrogens with zero attached hydrogens (tertiary/aromatic N) is 4.